The lowest BCUT2D eigenvalue weighted by atomic mass is 9.91. The Hall–Kier alpha value is -1.14. The highest BCUT2D eigenvalue weighted by Crippen LogP contribution is 2.36. The lowest BCUT2D eigenvalue weighted by molar-refractivity contribution is -0.140. The van der Waals surface area contributed by atoms with Gasteiger partial charge < -0.3 is 10.1 Å². The van der Waals surface area contributed by atoms with Crippen LogP contribution < -0.4 is 5.32 Å². The summed E-state index contributed by atoms with van der Waals surface area (Å²) in [7, 11) is 0. The molecule has 1 spiro atoms. The number of hydrogen-bond acceptors (Lipinski definition) is 5. The third kappa shape index (κ3) is 2.84. The summed E-state index contributed by atoms with van der Waals surface area (Å²) in [6, 6.07) is 1.05. The number of piperidine rings is 1. The van der Waals surface area contributed by atoms with Crippen LogP contribution in [0.2, 0.25) is 0 Å². The fraction of sp³-hybridized carbons (Fsp3) is 0.889. The number of carbonyl (C=O) groups is 2. The Labute approximate surface area is 143 Å². The number of imide groups is 1. The van der Waals surface area contributed by atoms with E-state index >= 15 is 0 Å². The molecule has 4 rings (SSSR count). The highest BCUT2D eigenvalue weighted by Gasteiger charge is 2.54. The summed E-state index contributed by atoms with van der Waals surface area (Å²) in [6.45, 7) is 1.91. The maximum atomic E-state index is 13.0. The molecule has 0 aromatic heterocycles. The molecule has 0 aromatic rings. The van der Waals surface area contributed by atoms with Crippen LogP contribution in [0.5, 0.6) is 0 Å². The SMILES string of the molecule is O=C1OC2(CCNCC2)C(=O)N1CN(C1CCCC1)C1CCCC1. The van der Waals surface area contributed by atoms with Gasteiger partial charge in [-0.1, -0.05) is 25.7 Å². The van der Waals surface area contributed by atoms with Crippen molar-refractivity contribution in [3.05, 3.63) is 0 Å². The van der Waals surface area contributed by atoms with E-state index in [1.165, 1.54) is 56.3 Å². The zero-order valence-electron chi connectivity index (χ0n) is 14.5. The van der Waals surface area contributed by atoms with E-state index in [1.807, 2.05) is 0 Å². The summed E-state index contributed by atoms with van der Waals surface area (Å²) in [5.74, 6) is -0.102. The van der Waals surface area contributed by atoms with Gasteiger partial charge >= 0.3 is 6.09 Å². The van der Waals surface area contributed by atoms with E-state index in [9.17, 15) is 9.59 Å². The van der Waals surface area contributed by atoms with Crippen LogP contribution in [0.25, 0.3) is 0 Å². The smallest absolute Gasteiger partial charge is 0.418 e. The highest BCUT2D eigenvalue weighted by atomic mass is 16.6. The third-order valence-corrected chi connectivity index (χ3v) is 6.44. The predicted octanol–water partition coefficient (Wildman–Crippen LogP) is 2.23. The van der Waals surface area contributed by atoms with Crippen LogP contribution in [0.3, 0.4) is 0 Å². The van der Waals surface area contributed by atoms with Crippen LogP contribution in [0.15, 0.2) is 0 Å². The molecule has 2 aliphatic carbocycles. The molecule has 4 aliphatic rings. The molecule has 0 aromatic carbocycles. The zero-order chi connectivity index (χ0) is 16.6. The first-order chi connectivity index (χ1) is 11.7. The van der Waals surface area contributed by atoms with Gasteiger partial charge in [-0.25, -0.2) is 9.69 Å². The number of nitrogens with zero attached hydrogens (tertiary/aromatic N) is 2. The largest absolute Gasteiger partial charge is 0.432 e. The van der Waals surface area contributed by atoms with Crippen LogP contribution in [-0.2, 0) is 9.53 Å². The average molecular weight is 335 g/mol. The molecule has 2 saturated carbocycles. The van der Waals surface area contributed by atoms with E-state index in [2.05, 4.69) is 10.2 Å². The maximum Gasteiger partial charge on any atom is 0.418 e. The van der Waals surface area contributed by atoms with Gasteiger partial charge in [0.15, 0.2) is 5.60 Å². The van der Waals surface area contributed by atoms with E-state index in [1.54, 1.807) is 0 Å². The number of amides is 2. The Morgan fingerprint density at radius 2 is 1.54 bits per heavy atom. The summed E-state index contributed by atoms with van der Waals surface area (Å²) in [5.41, 5.74) is -0.890. The van der Waals surface area contributed by atoms with Crippen molar-refractivity contribution in [2.45, 2.75) is 81.9 Å². The maximum absolute atomic E-state index is 13.0. The van der Waals surface area contributed by atoms with Crippen molar-refractivity contribution in [3.8, 4) is 0 Å². The second-order valence-corrected chi connectivity index (χ2v) is 7.88. The number of hydrogen-bond donors (Lipinski definition) is 1. The number of ether oxygens (including phenoxy) is 1. The van der Waals surface area contributed by atoms with Crippen molar-refractivity contribution in [1.29, 1.82) is 0 Å². The minimum absolute atomic E-state index is 0.102. The van der Waals surface area contributed by atoms with Gasteiger partial charge in [0.2, 0.25) is 0 Å². The Kier molecular flexibility index (Phi) is 4.52. The van der Waals surface area contributed by atoms with E-state index < -0.39 is 11.7 Å². The molecule has 24 heavy (non-hydrogen) atoms. The molecule has 1 N–H and O–H groups in total. The molecule has 0 unspecified atom stereocenters. The van der Waals surface area contributed by atoms with Gasteiger partial charge in [-0.15, -0.1) is 0 Å². The normalized spacial score (nSPS) is 28.5. The molecule has 0 bridgehead atoms. The molecule has 2 heterocycles. The molecule has 0 radical (unpaired) electrons. The van der Waals surface area contributed by atoms with Crippen molar-refractivity contribution in [3.63, 3.8) is 0 Å². The van der Waals surface area contributed by atoms with Crippen molar-refractivity contribution in [2.75, 3.05) is 19.8 Å². The average Bonchev–Trinajstić information content (AvgIpc) is 3.32. The summed E-state index contributed by atoms with van der Waals surface area (Å²) in [5, 5.41) is 3.24. The van der Waals surface area contributed by atoms with Gasteiger partial charge in [0, 0.05) is 24.9 Å². The Morgan fingerprint density at radius 1 is 1.00 bits per heavy atom. The standard InChI is InChI=1S/C18H29N3O3/c22-16-18(9-11-19-12-10-18)24-17(23)21(16)13-20(14-5-1-2-6-14)15-7-3-4-8-15/h14-15,19H,1-13H2. The molecule has 134 valence electrons. The topological polar surface area (TPSA) is 61.9 Å². The van der Waals surface area contributed by atoms with Crippen LogP contribution >= 0.6 is 0 Å². The van der Waals surface area contributed by atoms with Crippen LogP contribution in [0, 0.1) is 0 Å². The van der Waals surface area contributed by atoms with E-state index in [0.717, 1.165) is 13.1 Å². The Balaban J connectivity index is 1.50. The molecule has 2 aliphatic heterocycles. The van der Waals surface area contributed by atoms with Crippen molar-refractivity contribution in [1.82, 2.24) is 15.1 Å². The predicted molar refractivity (Wildman–Crippen MR) is 89.4 cm³/mol. The first kappa shape index (κ1) is 16.3. The lowest BCUT2D eigenvalue weighted by Crippen LogP contribution is -2.52. The highest BCUT2D eigenvalue weighted by molar-refractivity contribution is 6.02. The first-order valence-electron chi connectivity index (χ1n) is 9.71. The van der Waals surface area contributed by atoms with Crippen LogP contribution in [0.1, 0.15) is 64.2 Å². The number of nitrogens with one attached hydrogen (secondary N) is 1. The monoisotopic (exact) mass is 335 g/mol. The van der Waals surface area contributed by atoms with E-state index in [-0.39, 0.29) is 5.91 Å². The van der Waals surface area contributed by atoms with Gasteiger partial charge in [0.05, 0.1) is 6.67 Å². The summed E-state index contributed by atoms with van der Waals surface area (Å²) < 4.78 is 5.61. The molecular formula is C18H29N3O3. The fourth-order valence-corrected chi connectivity index (χ4v) is 5.03. The van der Waals surface area contributed by atoms with E-state index in [4.69, 9.17) is 4.74 Å². The molecule has 6 heteroatoms. The van der Waals surface area contributed by atoms with Gasteiger partial charge in [0.1, 0.15) is 0 Å². The summed E-state index contributed by atoms with van der Waals surface area (Å²) >= 11 is 0. The molecule has 4 fully saturated rings. The Bertz CT molecular complexity index is 476. The molecule has 6 nitrogen and oxygen atoms in total. The third-order valence-electron chi connectivity index (χ3n) is 6.44. The lowest BCUT2D eigenvalue weighted by Gasteiger charge is -2.36. The second kappa shape index (κ2) is 6.64. The minimum Gasteiger partial charge on any atom is -0.432 e. The van der Waals surface area contributed by atoms with E-state index in [0.29, 0.717) is 31.6 Å². The number of rotatable bonds is 4. The summed E-state index contributed by atoms with van der Waals surface area (Å²) in [4.78, 5) is 29.3. The number of carbonyl (C=O) groups excluding carboxylic acids is 2. The van der Waals surface area contributed by atoms with Crippen molar-refractivity contribution in [2.24, 2.45) is 0 Å². The van der Waals surface area contributed by atoms with Crippen LogP contribution in [-0.4, -0.2) is 59.2 Å². The van der Waals surface area contributed by atoms with Gasteiger partial charge in [0.25, 0.3) is 5.91 Å². The fourth-order valence-electron chi connectivity index (χ4n) is 5.03. The van der Waals surface area contributed by atoms with Crippen LogP contribution in [0.4, 0.5) is 4.79 Å². The Morgan fingerprint density at radius 3 is 2.08 bits per heavy atom. The molecule has 2 amide bonds. The van der Waals surface area contributed by atoms with Gasteiger partial charge in [-0.3, -0.25) is 9.69 Å². The second-order valence-electron chi connectivity index (χ2n) is 7.88. The molecule has 2 saturated heterocycles. The zero-order valence-corrected chi connectivity index (χ0v) is 14.5. The quantitative estimate of drug-likeness (QED) is 0.854. The molecule has 0 atom stereocenters. The van der Waals surface area contributed by atoms with Gasteiger partial charge in [-0.2, -0.15) is 0 Å². The molecular weight excluding hydrogens is 306 g/mol. The van der Waals surface area contributed by atoms with Gasteiger partial charge in [-0.05, 0) is 38.8 Å². The first-order valence-corrected chi connectivity index (χ1v) is 9.71. The summed E-state index contributed by atoms with van der Waals surface area (Å²) in [6.07, 6.45) is 10.6. The van der Waals surface area contributed by atoms with Crippen molar-refractivity contribution >= 4 is 12.0 Å². The van der Waals surface area contributed by atoms with Crippen molar-refractivity contribution < 1.29 is 14.3 Å². The minimum atomic E-state index is -0.890.